The first-order chi connectivity index (χ1) is 9.45. The molecule has 0 bridgehead atoms. The van der Waals surface area contributed by atoms with Crippen molar-refractivity contribution < 1.29 is 20.1 Å². The van der Waals surface area contributed by atoms with Crippen LogP contribution in [-0.4, -0.2) is 49.3 Å². The maximum atomic E-state index is 11.7. The topological polar surface area (TPSA) is 131 Å². The van der Waals surface area contributed by atoms with E-state index in [4.69, 9.17) is 22.1 Å². The number of hydrogen-bond donors (Lipinski definition) is 4. The SMILES string of the molecule is Nc1ccn([C@@H]2O[C@](C=CCl)(CO)C(O)C2O)c(=O)n1. The van der Waals surface area contributed by atoms with Crippen LogP contribution < -0.4 is 11.4 Å². The van der Waals surface area contributed by atoms with Crippen LogP contribution in [0.2, 0.25) is 0 Å². The summed E-state index contributed by atoms with van der Waals surface area (Å²) in [4.78, 5) is 15.2. The van der Waals surface area contributed by atoms with E-state index in [1.165, 1.54) is 18.3 Å². The summed E-state index contributed by atoms with van der Waals surface area (Å²) in [7, 11) is 0. The number of hydrogen-bond acceptors (Lipinski definition) is 7. The Morgan fingerprint density at radius 1 is 1.60 bits per heavy atom. The highest BCUT2D eigenvalue weighted by Gasteiger charge is 2.53. The van der Waals surface area contributed by atoms with Gasteiger partial charge in [-0.05, 0) is 12.1 Å². The van der Waals surface area contributed by atoms with Crippen LogP contribution in [0.25, 0.3) is 0 Å². The van der Waals surface area contributed by atoms with Crippen LogP contribution in [0.5, 0.6) is 0 Å². The van der Waals surface area contributed by atoms with Crippen molar-refractivity contribution in [2.45, 2.75) is 24.0 Å². The van der Waals surface area contributed by atoms with E-state index in [1.807, 2.05) is 0 Å². The average molecular weight is 304 g/mol. The highest BCUT2D eigenvalue weighted by Crippen LogP contribution is 2.37. The van der Waals surface area contributed by atoms with Crippen LogP contribution in [0.15, 0.2) is 28.7 Å². The lowest BCUT2D eigenvalue weighted by molar-refractivity contribution is -0.0993. The lowest BCUT2D eigenvalue weighted by Crippen LogP contribution is -2.44. The minimum atomic E-state index is -1.59. The Bertz CT molecular complexity index is 577. The fraction of sp³-hybridized carbons (Fsp3) is 0.455. The first-order valence-electron chi connectivity index (χ1n) is 5.72. The molecule has 2 heterocycles. The molecule has 2 rings (SSSR count). The third-order valence-corrected chi connectivity index (χ3v) is 3.30. The van der Waals surface area contributed by atoms with Crippen molar-refractivity contribution >= 4 is 17.4 Å². The van der Waals surface area contributed by atoms with Gasteiger partial charge in [-0.2, -0.15) is 4.98 Å². The molecule has 9 heteroatoms. The molecule has 1 saturated heterocycles. The first kappa shape index (κ1) is 14.9. The van der Waals surface area contributed by atoms with Gasteiger partial charge in [0.15, 0.2) is 6.23 Å². The van der Waals surface area contributed by atoms with Gasteiger partial charge in [-0.1, -0.05) is 11.6 Å². The zero-order chi connectivity index (χ0) is 14.9. The Kier molecular flexibility index (Phi) is 4.11. The van der Waals surface area contributed by atoms with Gasteiger partial charge in [0.25, 0.3) is 0 Å². The van der Waals surface area contributed by atoms with E-state index in [1.54, 1.807) is 0 Å². The second-order valence-corrected chi connectivity index (χ2v) is 4.64. The minimum Gasteiger partial charge on any atom is -0.393 e. The molecule has 4 atom stereocenters. The molecule has 0 saturated carbocycles. The van der Waals surface area contributed by atoms with Crippen molar-refractivity contribution in [3.05, 3.63) is 34.4 Å². The summed E-state index contributed by atoms with van der Waals surface area (Å²) in [6, 6.07) is 1.35. The molecule has 1 aliphatic rings. The maximum absolute atomic E-state index is 11.7. The van der Waals surface area contributed by atoms with Crippen LogP contribution in [0.1, 0.15) is 6.23 Å². The van der Waals surface area contributed by atoms with Gasteiger partial charge in [0.05, 0.1) is 6.61 Å². The van der Waals surface area contributed by atoms with Crippen molar-refractivity contribution in [3.8, 4) is 0 Å². The van der Waals surface area contributed by atoms with Crippen molar-refractivity contribution in [1.29, 1.82) is 0 Å². The number of nitrogen functional groups attached to an aromatic ring is 1. The van der Waals surface area contributed by atoms with Gasteiger partial charge in [0, 0.05) is 11.7 Å². The number of ether oxygens (including phenoxy) is 1. The van der Waals surface area contributed by atoms with E-state index in [0.717, 1.165) is 10.1 Å². The maximum Gasteiger partial charge on any atom is 0.351 e. The Morgan fingerprint density at radius 2 is 2.30 bits per heavy atom. The third-order valence-electron chi connectivity index (χ3n) is 3.17. The number of nitrogens with zero attached hydrogens (tertiary/aromatic N) is 2. The van der Waals surface area contributed by atoms with Crippen molar-refractivity contribution in [1.82, 2.24) is 9.55 Å². The monoisotopic (exact) mass is 303 g/mol. The van der Waals surface area contributed by atoms with E-state index in [9.17, 15) is 20.1 Å². The van der Waals surface area contributed by atoms with E-state index in [2.05, 4.69) is 4.98 Å². The number of rotatable bonds is 3. The molecular weight excluding hydrogens is 290 g/mol. The summed E-state index contributed by atoms with van der Waals surface area (Å²) in [5, 5.41) is 29.4. The number of anilines is 1. The molecule has 20 heavy (non-hydrogen) atoms. The van der Waals surface area contributed by atoms with E-state index >= 15 is 0 Å². The largest absolute Gasteiger partial charge is 0.393 e. The minimum absolute atomic E-state index is 0.0216. The molecule has 5 N–H and O–H groups in total. The first-order valence-corrected chi connectivity index (χ1v) is 6.16. The molecule has 0 radical (unpaired) electrons. The standard InChI is InChI=1S/C11H14ClN3O5/c12-3-2-11(5-16)8(18)7(17)9(20-11)15-4-1-6(13)14-10(15)19/h1-4,7-9,16-18H,5H2,(H2,13,14,19)/t7?,8?,9-,11-/m1/s1. The molecule has 1 aromatic heterocycles. The summed E-state index contributed by atoms with van der Waals surface area (Å²) >= 11 is 5.45. The Morgan fingerprint density at radius 3 is 2.85 bits per heavy atom. The lowest BCUT2D eigenvalue weighted by atomic mass is 9.96. The Labute approximate surface area is 118 Å². The molecule has 1 aromatic rings. The Balaban J connectivity index is 2.42. The van der Waals surface area contributed by atoms with Gasteiger partial charge in [-0.25, -0.2) is 4.79 Å². The van der Waals surface area contributed by atoms with Crippen LogP contribution >= 0.6 is 11.6 Å². The van der Waals surface area contributed by atoms with E-state index in [-0.39, 0.29) is 5.82 Å². The van der Waals surface area contributed by atoms with Crippen LogP contribution in [-0.2, 0) is 4.74 Å². The molecule has 8 nitrogen and oxygen atoms in total. The molecule has 0 amide bonds. The van der Waals surface area contributed by atoms with Crippen molar-refractivity contribution in [3.63, 3.8) is 0 Å². The predicted octanol–water partition coefficient (Wildman–Crippen LogP) is -1.44. The Hall–Kier alpha value is -1.45. The highest BCUT2D eigenvalue weighted by atomic mass is 35.5. The molecule has 1 aliphatic heterocycles. The normalized spacial score (nSPS) is 33.9. The molecular formula is C11H14ClN3O5. The fourth-order valence-corrected chi connectivity index (χ4v) is 2.29. The third kappa shape index (κ3) is 2.32. The highest BCUT2D eigenvalue weighted by molar-refractivity contribution is 6.25. The molecule has 0 spiro atoms. The van der Waals surface area contributed by atoms with Crippen LogP contribution in [0, 0.1) is 0 Å². The lowest BCUT2D eigenvalue weighted by Gasteiger charge is -2.25. The van der Waals surface area contributed by atoms with Crippen LogP contribution in [0.4, 0.5) is 5.82 Å². The fourth-order valence-electron chi connectivity index (χ4n) is 2.08. The van der Waals surface area contributed by atoms with Gasteiger partial charge >= 0.3 is 5.69 Å². The molecule has 110 valence electrons. The van der Waals surface area contributed by atoms with Gasteiger partial charge in [0.2, 0.25) is 0 Å². The molecule has 1 fully saturated rings. The number of aromatic nitrogens is 2. The summed E-state index contributed by atoms with van der Waals surface area (Å²) in [5.41, 5.74) is 4.09. The smallest absolute Gasteiger partial charge is 0.351 e. The summed E-state index contributed by atoms with van der Waals surface area (Å²) < 4.78 is 6.41. The van der Waals surface area contributed by atoms with Crippen molar-refractivity contribution in [2.24, 2.45) is 0 Å². The average Bonchev–Trinajstić information content (AvgIpc) is 2.65. The van der Waals surface area contributed by atoms with Gasteiger partial charge < -0.3 is 25.8 Å². The van der Waals surface area contributed by atoms with E-state index in [0.29, 0.717) is 0 Å². The number of aliphatic hydroxyl groups is 3. The zero-order valence-corrected chi connectivity index (χ0v) is 11.0. The van der Waals surface area contributed by atoms with Crippen molar-refractivity contribution in [2.75, 3.05) is 12.3 Å². The van der Waals surface area contributed by atoms with E-state index < -0.39 is 36.3 Å². The second kappa shape index (κ2) is 5.51. The molecule has 0 aromatic carbocycles. The number of aliphatic hydroxyl groups excluding tert-OH is 3. The summed E-state index contributed by atoms with van der Waals surface area (Å²) in [6.45, 7) is -0.623. The quantitative estimate of drug-likeness (QED) is 0.538. The predicted molar refractivity (Wildman–Crippen MR) is 69.9 cm³/mol. The molecule has 0 aliphatic carbocycles. The zero-order valence-electron chi connectivity index (χ0n) is 10.3. The summed E-state index contributed by atoms with van der Waals surface area (Å²) in [5.74, 6) is 0.0216. The second-order valence-electron chi connectivity index (χ2n) is 4.39. The van der Waals surface area contributed by atoms with Crippen LogP contribution in [0.3, 0.4) is 0 Å². The van der Waals surface area contributed by atoms with Gasteiger partial charge in [-0.3, -0.25) is 4.57 Å². The molecule has 2 unspecified atom stereocenters. The number of halogens is 1. The van der Waals surface area contributed by atoms with Gasteiger partial charge in [-0.15, -0.1) is 0 Å². The summed E-state index contributed by atoms with van der Waals surface area (Å²) in [6.07, 6.45) is -1.64. The van der Waals surface area contributed by atoms with Gasteiger partial charge in [0.1, 0.15) is 23.6 Å². The number of nitrogens with two attached hydrogens (primary N) is 1.